The SMILES string of the molecule is C=C[C@@H](CNCCCCCCCCC)C(C)C. The standard InChI is InChI=1S/C16H33N/c1-5-7-8-9-10-11-12-13-17-14-16(6-2)15(3)4/h6,15-17H,2,5,7-14H2,1,3-4H3/t16-/m0/s1. The minimum Gasteiger partial charge on any atom is -0.316 e. The minimum absolute atomic E-state index is 0.625. The van der Waals surface area contributed by atoms with Crippen molar-refractivity contribution in [2.75, 3.05) is 13.1 Å². The second kappa shape index (κ2) is 12.2. The first-order valence-electron chi connectivity index (χ1n) is 7.55. The van der Waals surface area contributed by atoms with E-state index in [-0.39, 0.29) is 0 Å². The molecule has 102 valence electrons. The maximum Gasteiger partial charge on any atom is 0.00165 e. The molecule has 0 spiro atoms. The molecule has 0 rings (SSSR count). The number of hydrogen-bond donors (Lipinski definition) is 1. The van der Waals surface area contributed by atoms with E-state index in [9.17, 15) is 0 Å². The molecule has 0 radical (unpaired) electrons. The molecule has 0 amide bonds. The van der Waals surface area contributed by atoms with Gasteiger partial charge in [0.05, 0.1) is 0 Å². The Kier molecular flexibility index (Phi) is 12.0. The average molecular weight is 239 g/mol. The van der Waals surface area contributed by atoms with E-state index in [0.29, 0.717) is 11.8 Å². The fourth-order valence-electron chi connectivity index (χ4n) is 2.07. The van der Waals surface area contributed by atoms with E-state index in [4.69, 9.17) is 0 Å². The third kappa shape index (κ3) is 10.6. The van der Waals surface area contributed by atoms with Gasteiger partial charge in [-0.05, 0) is 24.8 Å². The van der Waals surface area contributed by atoms with Crippen LogP contribution in [0.1, 0.15) is 65.7 Å². The second-order valence-electron chi connectivity index (χ2n) is 5.47. The molecule has 0 aromatic heterocycles. The quantitative estimate of drug-likeness (QED) is 0.381. The van der Waals surface area contributed by atoms with E-state index in [1.54, 1.807) is 0 Å². The Labute approximate surface area is 109 Å². The third-order valence-corrected chi connectivity index (χ3v) is 3.50. The Morgan fingerprint density at radius 2 is 1.59 bits per heavy atom. The molecule has 0 saturated heterocycles. The molecular formula is C16H33N. The van der Waals surface area contributed by atoms with E-state index in [0.717, 1.165) is 6.54 Å². The van der Waals surface area contributed by atoms with Crippen LogP contribution in [-0.2, 0) is 0 Å². The van der Waals surface area contributed by atoms with Gasteiger partial charge in [-0.25, -0.2) is 0 Å². The molecule has 0 unspecified atom stereocenters. The molecule has 0 heterocycles. The van der Waals surface area contributed by atoms with Crippen molar-refractivity contribution in [2.24, 2.45) is 11.8 Å². The zero-order valence-electron chi connectivity index (χ0n) is 12.3. The molecule has 1 heteroatoms. The van der Waals surface area contributed by atoms with Crippen molar-refractivity contribution < 1.29 is 0 Å². The highest BCUT2D eigenvalue weighted by atomic mass is 14.9. The van der Waals surface area contributed by atoms with Gasteiger partial charge in [-0.15, -0.1) is 6.58 Å². The molecule has 0 aliphatic carbocycles. The van der Waals surface area contributed by atoms with Gasteiger partial charge in [0.25, 0.3) is 0 Å². The van der Waals surface area contributed by atoms with Crippen molar-refractivity contribution in [2.45, 2.75) is 65.7 Å². The molecule has 0 aromatic carbocycles. The van der Waals surface area contributed by atoms with Crippen LogP contribution < -0.4 is 5.32 Å². The largest absolute Gasteiger partial charge is 0.316 e. The van der Waals surface area contributed by atoms with Gasteiger partial charge >= 0.3 is 0 Å². The first-order chi connectivity index (χ1) is 8.22. The summed E-state index contributed by atoms with van der Waals surface area (Å²) < 4.78 is 0. The zero-order valence-corrected chi connectivity index (χ0v) is 12.3. The van der Waals surface area contributed by atoms with Gasteiger partial charge in [0, 0.05) is 6.54 Å². The first kappa shape index (κ1) is 16.7. The zero-order chi connectivity index (χ0) is 12.9. The lowest BCUT2D eigenvalue weighted by atomic mass is 9.96. The maximum atomic E-state index is 3.90. The van der Waals surface area contributed by atoms with Crippen molar-refractivity contribution in [1.29, 1.82) is 0 Å². The highest BCUT2D eigenvalue weighted by molar-refractivity contribution is 4.82. The van der Waals surface area contributed by atoms with E-state index >= 15 is 0 Å². The Balaban J connectivity index is 3.20. The van der Waals surface area contributed by atoms with Crippen LogP contribution in [0.4, 0.5) is 0 Å². The van der Waals surface area contributed by atoms with Crippen LogP contribution in [0.5, 0.6) is 0 Å². The summed E-state index contributed by atoms with van der Waals surface area (Å²) in [7, 11) is 0. The van der Waals surface area contributed by atoms with Crippen LogP contribution in [0.15, 0.2) is 12.7 Å². The second-order valence-corrected chi connectivity index (χ2v) is 5.47. The predicted molar refractivity (Wildman–Crippen MR) is 79.4 cm³/mol. The van der Waals surface area contributed by atoms with Crippen LogP contribution >= 0.6 is 0 Å². The van der Waals surface area contributed by atoms with Gasteiger partial charge in [0.2, 0.25) is 0 Å². The fourth-order valence-corrected chi connectivity index (χ4v) is 2.07. The maximum absolute atomic E-state index is 3.90. The molecule has 1 nitrogen and oxygen atoms in total. The monoisotopic (exact) mass is 239 g/mol. The van der Waals surface area contributed by atoms with Crippen LogP contribution in [0.25, 0.3) is 0 Å². The predicted octanol–water partition coefficient (Wildman–Crippen LogP) is 4.78. The van der Waals surface area contributed by atoms with Gasteiger partial charge in [-0.1, -0.05) is 65.4 Å². The lowest BCUT2D eigenvalue weighted by molar-refractivity contribution is 0.429. The lowest BCUT2D eigenvalue weighted by Gasteiger charge is -2.17. The van der Waals surface area contributed by atoms with Gasteiger partial charge in [0.15, 0.2) is 0 Å². The number of rotatable bonds is 12. The summed E-state index contributed by atoms with van der Waals surface area (Å²) in [6.07, 6.45) is 11.8. The molecular weight excluding hydrogens is 206 g/mol. The Morgan fingerprint density at radius 3 is 2.12 bits per heavy atom. The van der Waals surface area contributed by atoms with Crippen molar-refractivity contribution in [1.82, 2.24) is 5.32 Å². The van der Waals surface area contributed by atoms with E-state index in [1.807, 2.05) is 0 Å². The van der Waals surface area contributed by atoms with Crippen molar-refractivity contribution in [3.63, 3.8) is 0 Å². The lowest BCUT2D eigenvalue weighted by Crippen LogP contribution is -2.25. The highest BCUT2D eigenvalue weighted by Gasteiger charge is 2.07. The molecule has 0 bridgehead atoms. The first-order valence-corrected chi connectivity index (χ1v) is 7.55. The molecule has 0 fully saturated rings. The van der Waals surface area contributed by atoms with Crippen LogP contribution in [-0.4, -0.2) is 13.1 Å². The smallest absolute Gasteiger partial charge is 0.00165 e. The highest BCUT2D eigenvalue weighted by Crippen LogP contribution is 2.10. The summed E-state index contributed by atoms with van der Waals surface area (Å²) in [5.74, 6) is 1.33. The Hall–Kier alpha value is -0.300. The number of nitrogens with one attached hydrogen (secondary N) is 1. The molecule has 17 heavy (non-hydrogen) atoms. The van der Waals surface area contributed by atoms with E-state index < -0.39 is 0 Å². The van der Waals surface area contributed by atoms with Crippen molar-refractivity contribution >= 4 is 0 Å². The van der Waals surface area contributed by atoms with Gasteiger partial charge in [-0.2, -0.15) is 0 Å². The van der Waals surface area contributed by atoms with Gasteiger partial charge < -0.3 is 5.32 Å². The van der Waals surface area contributed by atoms with Gasteiger partial charge in [-0.3, -0.25) is 0 Å². The summed E-state index contributed by atoms with van der Waals surface area (Å²) in [4.78, 5) is 0. The minimum atomic E-state index is 0.625. The molecule has 1 atom stereocenters. The number of unbranched alkanes of at least 4 members (excludes halogenated alkanes) is 6. The Bertz CT molecular complexity index is 163. The number of hydrogen-bond acceptors (Lipinski definition) is 1. The van der Waals surface area contributed by atoms with Gasteiger partial charge in [0.1, 0.15) is 0 Å². The fraction of sp³-hybridized carbons (Fsp3) is 0.875. The average Bonchev–Trinajstić information content (AvgIpc) is 2.31. The topological polar surface area (TPSA) is 12.0 Å². The normalized spacial score (nSPS) is 12.9. The van der Waals surface area contributed by atoms with Crippen LogP contribution in [0.2, 0.25) is 0 Å². The molecule has 1 N–H and O–H groups in total. The summed E-state index contributed by atoms with van der Waals surface area (Å²) >= 11 is 0. The Morgan fingerprint density at radius 1 is 1.00 bits per heavy atom. The van der Waals surface area contributed by atoms with E-state index in [1.165, 1.54) is 51.5 Å². The van der Waals surface area contributed by atoms with Crippen LogP contribution in [0, 0.1) is 11.8 Å². The summed E-state index contributed by atoms with van der Waals surface area (Å²) in [5.41, 5.74) is 0. The summed E-state index contributed by atoms with van der Waals surface area (Å²) in [5, 5.41) is 3.55. The molecule has 0 aliphatic rings. The summed E-state index contributed by atoms with van der Waals surface area (Å²) in [6, 6.07) is 0. The molecule has 0 aromatic rings. The molecule has 0 saturated carbocycles. The summed E-state index contributed by atoms with van der Waals surface area (Å²) in [6.45, 7) is 13.0. The van der Waals surface area contributed by atoms with E-state index in [2.05, 4.69) is 38.7 Å². The molecule has 0 aliphatic heterocycles. The van der Waals surface area contributed by atoms with Crippen molar-refractivity contribution in [3.8, 4) is 0 Å². The third-order valence-electron chi connectivity index (χ3n) is 3.50. The van der Waals surface area contributed by atoms with Crippen LogP contribution in [0.3, 0.4) is 0 Å². The van der Waals surface area contributed by atoms with Crippen molar-refractivity contribution in [3.05, 3.63) is 12.7 Å².